The van der Waals surface area contributed by atoms with Gasteiger partial charge in [-0.3, -0.25) is 9.48 Å². The summed E-state index contributed by atoms with van der Waals surface area (Å²) in [7, 11) is 1.90. The smallest absolute Gasteiger partial charge is 0.224 e. The van der Waals surface area contributed by atoms with E-state index < -0.39 is 0 Å². The summed E-state index contributed by atoms with van der Waals surface area (Å²) < 4.78 is 1.78. The van der Waals surface area contributed by atoms with Crippen LogP contribution >= 0.6 is 12.4 Å². The van der Waals surface area contributed by atoms with E-state index in [2.05, 4.69) is 15.7 Å². The number of carbonyl (C=O) groups excluding carboxylic acids is 1. The first-order chi connectivity index (χ1) is 8.25. The van der Waals surface area contributed by atoms with E-state index in [0.29, 0.717) is 6.54 Å². The number of aryl methyl sites for hydroxylation is 1. The van der Waals surface area contributed by atoms with Crippen molar-refractivity contribution in [3.8, 4) is 0 Å². The molecular weight excluding hydrogens is 252 g/mol. The molecule has 1 saturated heterocycles. The third kappa shape index (κ3) is 4.31. The third-order valence-electron chi connectivity index (χ3n) is 3.14. The fraction of sp³-hybridized carbons (Fsp3) is 0.667. The number of aromatic nitrogens is 2. The van der Waals surface area contributed by atoms with Gasteiger partial charge in [-0.1, -0.05) is 0 Å². The molecule has 6 heteroatoms. The first kappa shape index (κ1) is 15.0. The molecule has 2 N–H and O–H groups in total. The minimum Gasteiger partial charge on any atom is -0.355 e. The Morgan fingerprint density at radius 3 is 3.11 bits per heavy atom. The summed E-state index contributed by atoms with van der Waals surface area (Å²) in [6, 6.07) is 0. The number of halogens is 1. The lowest BCUT2D eigenvalue weighted by molar-refractivity contribution is -0.125. The number of rotatable bonds is 4. The minimum absolute atomic E-state index is 0. The van der Waals surface area contributed by atoms with Crippen molar-refractivity contribution in [2.45, 2.75) is 19.3 Å². The van der Waals surface area contributed by atoms with E-state index in [1.165, 1.54) is 0 Å². The molecule has 1 aliphatic heterocycles. The predicted octanol–water partition coefficient (Wildman–Crippen LogP) is 0.500. The van der Waals surface area contributed by atoms with Crippen LogP contribution in [0.15, 0.2) is 12.4 Å². The van der Waals surface area contributed by atoms with Crippen LogP contribution in [0.5, 0.6) is 0 Å². The van der Waals surface area contributed by atoms with Gasteiger partial charge in [0, 0.05) is 26.3 Å². The number of nitrogens with zero attached hydrogens (tertiary/aromatic N) is 2. The van der Waals surface area contributed by atoms with Gasteiger partial charge in [0.1, 0.15) is 0 Å². The molecule has 1 amide bonds. The normalized spacial score (nSPS) is 19.1. The van der Waals surface area contributed by atoms with Gasteiger partial charge in [0.15, 0.2) is 0 Å². The van der Waals surface area contributed by atoms with E-state index in [0.717, 1.165) is 37.9 Å². The summed E-state index contributed by atoms with van der Waals surface area (Å²) in [5.41, 5.74) is 1.16. The zero-order valence-corrected chi connectivity index (χ0v) is 11.5. The lowest BCUT2D eigenvalue weighted by Gasteiger charge is -2.21. The van der Waals surface area contributed by atoms with Crippen molar-refractivity contribution in [1.29, 1.82) is 0 Å². The number of piperidine rings is 1. The molecule has 5 nitrogen and oxygen atoms in total. The molecule has 0 radical (unpaired) electrons. The van der Waals surface area contributed by atoms with E-state index >= 15 is 0 Å². The van der Waals surface area contributed by atoms with E-state index in [-0.39, 0.29) is 24.2 Å². The lowest BCUT2D eigenvalue weighted by atomic mass is 9.99. The molecular formula is C12H21ClN4O. The number of nitrogens with one attached hydrogen (secondary N) is 2. The molecule has 1 aromatic rings. The second-order valence-electron chi connectivity index (χ2n) is 4.61. The molecule has 0 saturated carbocycles. The molecule has 1 fully saturated rings. The molecule has 1 aromatic heterocycles. The van der Waals surface area contributed by atoms with E-state index in [4.69, 9.17) is 0 Å². The zero-order chi connectivity index (χ0) is 12.1. The second-order valence-corrected chi connectivity index (χ2v) is 4.61. The zero-order valence-electron chi connectivity index (χ0n) is 10.7. The van der Waals surface area contributed by atoms with Gasteiger partial charge in [-0.25, -0.2) is 0 Å². The van der Waals surface area contributed by atoms with Gasteiger partial charge in [0.05, 0.1) is 12.1 Å². The Balaban J connectivity index is 0.00000162. The van der Waals surface area contributed by atoms with E-state index in [1.807, 2.05) is 19.4 Å². The quantitative estimate of drug-likeness (QED) is 0.839. The van der Waals surface area contributed by atoms with Gasteiger partial charge in [-0.15, -0.1) is 12.4 Å². The summed E-state index contributed by atoms with van der Waals surface area (Å²) in [4.78, 5) is 11.8. The van der Waals surface area contributed by atoms with Crippen molar-refractivity contribution in [2.75, 3.05) is 19.6 Å². The van der Waals surface area contributed by atoms with Gasteiger partial charge in [0.25, 0.3) is 0 Å². The van der Waals surface area contributed by atoms with Crippen LogP contribution in [0.1, 0.15) is 18.4 Å². The highest BCUT2D eigenvalue weighted by molar-refractivity contribution is 5.85. The van der Waals surface area contributed by atoms with Crippen molar-refractivity contribution in [1.82, 2.24) is 20.4 Å². The Bertz CT molecular complexity index is 374. The number of hydrogen-bond donors (Lipinski definition) is 2. The van der Waals surface area contributed by atoms with Crippen molar-refractivity contribution in [2.24, 2.45) is 13.0 Å². The second kappa shape index (κ2) is 7.38. The Labute approximate surface area is 114 Å². The molecule has 1 aliphatic rings. The first-order valence-corrected chi connectivity index (χ1v) is 6.21. The van der Waals surface area contributed by atoms with Gasteiger partial charge < -0.3 is 10.6 Å². The van der Waals surface area contributed by atoms with Crippen LogP contribution in [0.2, 0.25) is 0 Å². The molecule has 0 aromatic carbocycles. The van der Waals surface area contributed by atoms with E-state index in [9.17, 15) is 4.79 Å². The third-order valence-corrected chi connectivity index (χ3v) is 3.14. The van der Waals surface area contributed by atoms with Gasteiger partial charge in [-0.2, -0.15) is 5.10 Å². The highest BCUT2D eigenvalue weighted by Gasteiger charge is 2.20. The van der Waals surface area contributed by atoms with Crippen molar-refractivity contribution >= 4 is 18.3 Å². The van der Waals surface area contributed by atoms with Gasteiger partial charge in [0.2, 0.25) is 5.91 Å². The van der Waals surface area contributed by atoms with Crippen LogP contribution in [0.25, 0.3) is 0 Å². The summed E-state index contributed by atoms with van der Waals surface area (Å²) >= 11 is 0. The maximum atomic E-state index is 11.8. The summed E-state index contributed by atoms with van der Waals surface area (Å²) in [6.45, 7) is 2.55. The minimum atomic E-state index is 0. The Morgan fingerprint density at radius 1 is 1.67 bits per heavy atom. The van der Waals surface area contributed by atoms with Crippen LogP contribution in [0, 0.1) is 5.92 Å². The molecule has 2 rings (SSSR count). The monoisotopic (exact) mass is 272 g/mol. The standard InChI is InChI=1S/C12H20N4O.ClH/c1-16-9-10(7-15-16)4-6-14-12(17)11-3-2-5-13-8-11;/h7,9,11,13H,2-6,8H2,1H3,(H,14,17);1H. The van der Waals surface area contributed by atoms with Crippen molar-refractivity contribution in [3.05, 3.63) is 18.0 Å². The van der Waals surface area contributed by atoms with Crippen LogP contribution < -0.4 is 10.6 Å². The predicted molar refractivity (Wildman–Crippen MR) is 72.8 cm³/mol. The van der Waals surface area contributed by atoms with Gasteiger partial charge >= 0.3 is 0 Å². The first-order valence-electron chi connectivity index (χ1n) is 6.21. The highest BCUT2D eigenvalue weighted by atomic mass is 35.5. The summed E-state index contributed by atoms with van der Waals surface area (Å²) in [5, 5.41) is 10.3. The molecule has 2 heterocycles. The van der Waals surface area contributed by atoms with Gasteiger partial charge in [-0.05, 0) is 31.4 Å². The average molecular weight is 273 g/mol. The molecule has 0 aliphatic carbocycles. The Kier molecular flexibility index (Phi) is 6.15. The molecule has 1 unspecified atom stereocenters. The van der Waals surface area contributed by atoms with Crippen LogP contribution in [0.4, 0.5) is 0 Å². The largest absolute Gasteiger partial charge is 0.355 e. The fourth-order valence-electron chi connectivity index (χ4n) is 2.15. The number of carbonyl (C=O) groups is 1. The Morgan fingerprint density at radius 2 is 2.50 bits per heavy atom. The summed E-state index contributed by atoms with van der Waals surface area (Å²) in [6.07, 6.45) is 6.77. The fourth-order valence-corrected chi connectivity index (χ4v) is 2.15. The topological polar surface area (TPSA) is 59.0 Å². The average Bonchev–Trinajstić information content (AvgIpc) is 2.76. The highest BCUT2D eigenvalue weighted by Crippen LogP contribution is 2.09. The maximum Gasteiger partial charge on any atom is 0.224 e. The van der Waals surface area contributed by atoms with Crippen LogP contribution in [-0.4, -0.2) is 35.3 Å². The van der Waals surface area contributed by atoms with Crippen LogP contribution in [0.3, 0.4) is 0 Å². The number of hydrogen-bond acceptors (Lipinski definition) is 3. The molecule has 1 atom stereocenters. The molecule has 18 heavy (non-hydrogen) atoms. The number of amides is 1. The maximum absolute atomic E-state index is 11.8. The SMILES string of the molecule is Cl.Cn1cc(CCNC(=O)C2CCCNC2)cn1. The lowest BCUT2D eigenvalue weighted by Crippen LogP contribution is -2.41. The molecule has 0 spiro atoms. The van der Waals surface area contributed by atoms with Crippen molar-refractivity contribution < 1.29 is 4.79 Å². The molecule has 102 valence electrons. The van der Waals surface area contributed by atoms with E-state index in [1.54, 1.807) is 4.68 Å². The summed E-state index contributed by atoms with van der Waals surface area (Å²) in [5.74, 6) is 0.332. The van der Waals surface area contributed by atoms with Crippen molar-refractivity contribution in [3.63, 3.8) is 0 Å². The van der Waals surface area contributed by atoms with Crippen LogP contribution in [-0.2, 0) is 18.3 Å². The Hall–Kier alpha value is -1.07. The molecule has 0 bridgehead atoms.